The van der Waals surface area contributed by atoms with E-state index in [-0.39, 0.29) is 5.82 Å². The summed E-state index contributed by atoms with van der Waals surface area (Å²) < 4.78 is 21.1. The van der Waals surface area contributed by atoms with E-state index in [1.165, 1.54) is 12.1 Å². The predicted octanol–water partition coefficient (Wildman–Crippen LogP) is 5.98. The molecule has 0 saturated heterocycles. The van der Waals surface area contributed by atoms with E-state index in [0.29, 0.717) is 39.7 Å². The van der Waals surface area contributed by atoms with Gasteiger partial charge in [-0.25, -0.2) is 9.37 Å². The molecule has 6 heteroatoms. The van der Waals surface area contributed by atoms with Crippen LogP contribution >= 0.6 is 0 Å². The highest BCUT2D eigenvalue weighted by molar-refractivity contribution is 5.85. The van der Waals surface area contributed by atoms with Crippen LogP contribution < -0.4 is 4.74 Å². The number of pyridine rings is 1. The Bertz CT molecular complexity index is 1230. The Kier molecular flexibility index (Phi) is 4.98. The molecule has 31 heavy (non-hydrogen) atoms. The van der Waals surface area contributed by atoms with Gasteiger partial charge in [0.05, 0.1) is 11.3 Å². The fourth-order valence-corrected chi connectivity index (χ4v) is 3.82. The summed E-state index contributed by atoms with van der Waals surface area (Å²) in [6.45, 7) is 8.83. The Morgan fingerprint density at radius 1 is 0.935 bits per heavy atom. The number of aryl methyl sites for hydroxylation is 3. The number of aromatic nitrogens is 2. The van der Waals surface area contributed by atoms with Crippen LogP contribution in [-0.2, 0) is 5.60 Å². The summed E-state index contributed by atoms with van der Waals surface area (Å²) in [7, 11) is 0. The third kappa shape index (κ3) is 3.75. The van der Waals surface area contributed by atoms with Crippen LogP contribution in [0.5, 0.6) is 11.5 Å². The van der Waals surface area contributed by atoms with Gasteiger partial charge in [-0.3, -0.25) is 0 Å². The lowest BCUT2D eigenvalue weighted by Crippen LogP contribution is -2.15. The molecule has 2 aliphatic rings. The van der Waals surface area contributed by atoms with E-state index in [9.17, 15) is 14.7 Å². The van der Waals surface area contributed by atoms with Gasteiger partial charge in [-0.15, -0.1) is 0 Å². The lowest BCUT2D eigenvalue weighted by atomic mass is 9.91. The van der Waals surface area contributed by atoms with Crippen molar-refractivity contribution in [3.8, 4) is 34.0 Å². The number of halogens is 1. The molecule has 0 fully saturated rings. The van der Waals surface area contributed by atoms with Gasteiger partial charge in [-0.2, -0.15) is 4.73 Å². The van der Waals surface area contributed by atoms with Crippen LogP contribution in [0.3, 0.4) is 0 Å². The van der Waals surface area contributed by atoms with Crippen molar-refractivity contribution in [3.63, 3.8) is 0 Å². The minimum Gasteiger partial charge on any atom is -0.456 e. The van der Waals surface area contributed by atoms with Crippen molar-refractivity contribution < 1.29 is 19.4 Å². The number of hydrogen-bond acceptors (Lipinski definition) is 4. The first kappa shape index (κ1) is 20.9. The van der Waals surface area contributed by atoms with Crippen molar-refractivity contribution in [2.24, 2.45) is 0 Å². The predicted molar refractivity (Wildman–Crippen MR) is 117 cm³/mol. The van der Waals surface area contributed by atoms with E-state index >= 15 is 0 Å². The fraction of sp³-hybridized carbons (Fsp3) is 0.240. The zero-order valence-electron chi connectivity index (χ0n) is 18.2. The molecule has 2 heterocycles. The van der Waals surface area contributed by atoms with Crippen LogP contribution in [-0.4, -0.2) is 20.0 Å². The maximum absolute atomic E-state index is 13.8. The molecule has 4 rings (SSSR count). The molecule has 2 N–H and O–H groups in total. The number of ether oxygens (including phenoxy) is 1. The Balaban J connectivity index is 1.95. The van der Waals surface area contributed by atoms with Crippen LogP contribution in [0.15, 0.2) is 48.7 Å². The summed E-state index contributed by atoms with van der Waals surface area (Å²) in [6.07, 6.45) is 1.63. The Hall–Kier alpha value is -3.38. The van der Waals surface area contributed by atoms with E-state index in [1.54, 1.807) is 40.8 Å². The molecule has 0 bridgehead atoms. The van der Waals surface area contributed by atoms with Gasteiger partial charge in [0.25, 0.3) is 0 Å². The van der Waals surface area contributed by atoms with Crippen molar-refractivity contribution >= 4 is 0 Å². The summed E-state index contributed by atoms with van der Waals surface area (Å²) in [5, 5.41) is 20.9. The largest absolute Gasteiger partial charge is 0.456 e. The molecule has 0 spiro atoms. The molecule has 2 aromatic rings. The molecule has 0 aromatic heterocycles. The zero-order chi connectivity index (χ0) is 22.5. The number of nitrogens with zero attached hydrogens (tertiary/aromatic N) is 2. The van der Waals surface area contributed by atoms with Gasteiger partial charge in [0.15, 0.2) is 5.82 Å². The molecule has 0 saturated carbocycles. The van der Waals surface area contributed by atoms with Crippen molar-refractivity contribution in [2.75, 3.05) is 0 Å². The molecule has 5 nitrogen and oxygen atoms in total. The maximum atomic E-state index is 13.8. The second-order valence-corrected chi connectivity index (χ2v) is 8.43. The van der Waals surface area contributed by atoms with Gasteiger partial charge in [0.2, 0.25) is 0 Å². The van der Waals surface area contributed by atoms with E-state index in [0.717, 1.165) is 21.4 Å². The highest BCUT2D eigenvalue weighted by atomic mass is 19.1. The van der Waals surface area contributed by atoms with Gasteiger partial charge < -0.3 is 15.1 Å². The van der Waals surface area contributed by atoms with Crippen molar-refractivity contribution in [2.45, 2.75) is 40.2 Å². The van der Waals surface area contributed by atoms with Crippen LogP contribution in [0.2, 0.25) is 0 Å². The van der Waals surface area contributed by atoms with Gasteiger partial charge >= 0.3 is 0 Å². The summed E-state index contributed by atoms with van der Waals surface area (Å²) in [6, 6.07) is 12.1. The third-order valence-corrected chi connectivity index (χ3v) is 5.47. The smallest absolute Gasteiger partial charge is 0.176 e. The second-order valence-electron chi connectivity index (χ2n) is 8.43. The van der Waals surface area contributed by atoms with Crippen LogP contribution in [0.4, 0.5) is 4.39 Å². The number of fused-ring (bicyclic) bond motifs is 1. The third-order valence-electron chi connectivity index (χ3n) is 5.47. The summed E-state index contributed by atoms with van der Waals surface area (Å²) in [4.78, 5) is 4.27. The molecule has 0 aliphatic carbocycles. The quantitative estimate of drug-likeness (QED) is 0.399. The first-order valence-electron chi connectivity index (χ1n) is 10.0. The molecule has 2 aromatic carbocycles. The minimum absolute atomic E-state index is 0.310. The number of hydrogen-bond donors (Lipinski definition) is 2. The van der Waals surface area contributed by atoms with Crippen LogP contribution in [0.1, 0.15) is 36.2 Å². The van der Waals surface area contributed by atoms with Gasteiger partial charge in [-0.05, 0) is 93.3 Å². The minimum atomic E-state index is -1.06. The summed E-state index contributed by atoms with van der Waals surface area (Å²) >= 11 is 0. The lowest BCUT2D eigenvalue weighted by Gasteiger charge is -2.23. The Morgan fingerprint density at radius 2 is 1.61 bits per heavy atom. The molecule has 0 unspecified atom stereocenters. The van der Waals surface area contributed by atoms with E-state index in [1.807, 2.05) is 30.3 Å². The number of rotatable bonds is 4. The van der Waals surface area contributed by atoms with Crippen molar-refractivity contribution in [1.82, 2.24) is 9.71 Å². The molecule has 2 aliphatic heterocycles. The Morgan fingerprint density at radius 3 is 2.26 bits per heavy atom. The first-order chi connectivity index (χ1) is 14.6. The van der Waals surface area contributed by atoms with Crippen molar-refractivity contribution in [3.05, 3.63) is 76.9 Å². The van der Waals surface area contributed by atoms with Gasteiger partial charge in [-0.1, -0.05) is 6.07 Å². The average Bonchev–Trinajstić information content (AvgIpc) is 3.17. The zero-order valence-corrected chi connectivity index (χ0v) is 18.2. The monoisotopic (exact) mass is 420 g/mol. The van der Waals surface area contributed by atoms with E-state index in [2.05, 4.69) is 4.98 Å². The molecule has 0 radical (unpaired) electrons. The molecule has 0 amide bonds. The topological polar surface area (TPSA) is 67.5 Å². The number of benzene rings is 2. The summed E-state index contributed by atoms with van der Waals surface area (Å²) in [5.41, 5.74) is 3.94. The highest BCUT2D eigenvalue weighted by Crippen LogP contribution is 2.43. The van der Waals surface area contributed by atoms with Gasteiger partial charge in [0.1, 0.15) is 17.3 Å². The second kappa shape index (κ2) is 7.39. The van der Waals surface area contributed by atoms with Crippen LogP contribution in [0.25, 0.3) is 22.5 Å². The average molecular weight is 420 g/mol. The van der Waals surface area contributed by atoms with Crippen molar-refractivity contribution in [1.29, 1.82) is 0 Å². The normalized spacial score (nSPS) is 11.8. The molecule has 0 atom stereocenters. The van der Waals surface area contributed by atoms with Gasteiger partial charge in [0, 0.05) is 17.3 Å². The standard InChI is InChI=1S/C25H25FN2O3/c1-14-10-18(26)11-15(2)23(14)31-22-7-6-17(25(4,5)29)13-21(22)20-12-16(3)28(30)24-19(20)8-9-27-24/h6-13,29-30H,1-5H3. The van der Waals surface area contributed by atoms with E-state index < -0.39 is 5.60 Å². The highest BCUT2D eigenvalue weighted by Gasteiger charge is 2.24. The fourth-order valence-electron chi connectivity index (χ4n) is 3.82. The number of aliphatic hydroxyl groups is 1. The van der Waals surface area contributed by atoms with E-state index in [4.69, 9.17) is 4.74 Å². The molecule has 160 valence electrons. The lowest BCUT2D eigenvalue weighted by molar-refractivity contribution is 0.0786. The Labute approximate surface area is 180 Å². The first-order valence-corrected chi connectivity index (χ1v) is 10.0. The summed E-state index contributed by atoms with van der Waals surface area (Å²) in [5.74, 6) is 1.27. The maximum Gasteiger partial charge on any atom is 0.176 e. The SMILES string of the molecule is Cc1cc(F)cc(C)c1Oc1ccc(C(C)(C)O)cc1-c1cc(C)n(O)c2nccc1-2. The van der Waals surface area contributed by atoms with Crippen LogP contribution in [0, 0.1) is 26.6 Å². The molecular formula is C25H25FN2O3. The molecular weight excluding hydrogens is 395 g/mol.